The molecule has 0 atom stereocenters. The number of hydrogen-bond donors (Lipinski definition) is 0. The molecule has 0 aliphatic rings. The molecule has 2 aromatic rings. The van der Waals surface area contributed by atoms with Gasteiger partial charge in [0.1, 0.15) is 5.82 Å². The summed E-state index contributed by atoms with van der Waals surface area (Å²) in [4.78, 5) is 1.20. The van der Waals surface area contributed by atoms with Crippen molar-refractivity contribution in [3.8, 4) is 0 Å². The van der Waals surface area contributed by atoms with E-state index in [2.05, 4.69) is 44.0 Å². The first-order chi connectivity index (χ1) is 8.15. The summed E-state index contributed by atoms with van der Waals surface area (Å²) in [6.07, 6.45) is 0. The molecule has 2 rings (SSSR count). The van der Waals surface area contributed by atoms with Gasteiger partial charge in [-0.2, -0.15) is 0 Å². The highest BCUT2D eigenvalue weighted by Crippen LogP contribution is 2.28. The lowest BCUT2D eigenvalue weighted by Crippen LogP contribution is -1.84. The Morgan fingerprint density at radius 3 is 2.35 bits per heavy atom. The molecule has 0 spiro atoms. The number of hydrogen-bond acceptors (Lipinski definition) is 1. The minimum Gasteiger partial charge on any atom is -0.207 e. The van der Waals surface area contributed by atoms with Crippen LogP contribution >= 0.6 is 43.6 Å². The van der Waals surface area contributed by atoms with E-state index in [0.29, 0.717) is 0 Å². The first-order valence-electron chi connectivity index (χ1n) is 4.97. The number of halogens is 3. The predicted molar refractivity (Wildman–Crippen MR) is 77.8 cm³/mol. The summed E-state index contributed by atoms with van der Waals surface area (Å²) < 4.78 is 14.8. The van der Waals surface area contributed by atoms with Crippen LogP contribution < -0.4 is 0 Å². The molecule has 17 heavy (non-hydrogen) atoms. The zero-order valence-corrected chi connectivity index (χ0v) is 12.8. The van der Waals surface area contributed by atoms with Crippen molar-refractivity contribution in [2.45, 2.75) is 10.6 Å². The fraction of sp³-hybridized carbons (Fsp3) is 0.0769. The van der Waals surface area contributed by atoms with Crippen molar-refractivity contribution in [3.05, 3.63) is 62.8 Å². The Morgan fingerprint density at radius 1 is 1.00 bits per heavy atom. The highest BCUT2D eigenvalue weighted by atomic mass is 79.9. The van der Waals surface area contributed by atoms with Gasteiger partial charge in [0.15, 0.2) is 0 Å². The van der Waals surface area contributed by atoms with E-state index in [9.17, 15) is 4.39 Å². The van der Waals surface area contributed by atoms with Crippen LogP contribution in [0.15, 0.2) is 56.3 Å². The lowest BCUT2D eigenvalue weighted by molar-refractivity contribution is 0.626. The smallest absolute Gasteiger partial charge is 0.124 e. The Kier molecular flexibility index (Phi) is 4.65. The quantitative estimate of drug-likeness (QED) is 0.625. The summed E-state index contributed by atoms with van der Waals surface area (Å²) in [6.45, 7) is 0. The van der Waals surface area contributed by atoms with Crippen molar-refractivity contribution in [2.24, 2.45) is 0 Å². The molecule has 4 heteroatoms. The molecule has 88 valence electrons. The molecule has 0 N–H and O–H groups in total. The zero-order chi connectivity index (χ0) is 12.3. The van der Waals surface area contributed by atoms with E-state index < -0.39 is 0 Å². The first-order valence-corrected chi connectivity index (χ1v) is 7.54. The van der Waals surface area contributed by atoms with Crippen molar-refractivity contribution in [1.82, 2.24) is 0 Å². The van der Waals surface area contributed by atoms with Crippen LogP contribution in [0.3, 0.4) is 0 Å². The second-order valence-corrected chi connectivity index (χ2v) is 6.30. The van der Waals surface area contributed by atoms with Gasteiger partial charge in [-0.05, 0) is 42.0 Å². The monoisotopic (exact) mass is 374 g/mol. The van der Waals surface area contributed by atoms with Gasteiger partial charge < -0.3 is 0 Å². The van der Waals surface area contributed by atoms with Gasteiger partial charge >= 0.3 is 0 Å². The van der Waals surface area contributed by atoms with E-state index in [-0.39, 0.29) is 5.82 Å². The Labute approximate surface area is 121 Å². The number of rotatable bonds is 3. The van der Waals surface area contributed by atoms with Crippen molar-refractivity contribution in [3.63, 3.8) is 0 Å². The topological polar surface area (TPSA) is 0 Å². The molecule has 0 aliphatic heterocycles. The van der Waals surface area contributed by atoms with Gasteiger partial charge in [-0.15, -0.1) is 11.8 Å². The van der Waals surface area contributed by atoms with Gasteiger partial charge in [0.05, 0.1) is 0 Å². The van der Waals surface area contributed by atoms with Crippen LogP contribution in [-0.2, 0) is 5.75 Å². The second kappa shape index (κ2) is 6.03. The van der Waals surface area contributed by atoms with Crippen LogP contribution in [-0.4, -0.2) is 0 Å². The molecule has 0 fully saturated rings. The first kappa shape index (κ1) is 13.1. The zero-order valence-electron chi connectivity index (χ0n) is 8.79. The average Bonchev–Trinajstić information content (AvgIpc) is 2.30. The van der Waals surface area contributed by atoms with Crippen LogP contribution in [0.2, 0.25) is 0 Å². The molecule has 0 saturated carbocycles. The van der Waals surface area contributed by atoms with Gasteiger partial charge in [0.2, 0.25) is 0 Å². The van der Waals surface area contributed by atoms with Crippen LogP contribution in [0.25, 0.3) is 0 Å². The number of benzene rings is 2. The van der Waals surface area contributed by atoms with Gasteiger partial charge in [0, 0.05) is 19.6 Å². The van der Waals surface area contributed by atoms with Gasteiger partial charge in [-0.1, -0.05) is 37.9 Å². The van der Waals surface area contributed by atoms with Crippen LogP contribution in [0.1, 0.15) is 5.56 Å². The highest BCUT2D eigenvalue weighted by molar-refractivity contribution is 9.10. The summed E-state index contributed by atoms with van der Waals surface area (Å²) in [6, 6.07) is 13.0. The Balaban J connectivity index is 2.04. The Bertz CT molecular complexity index is 511. The lowest BCUT2D eigenvalue weighted by atomic mass is 10.2. The fourth-order valence-electron chi connectivity index (χ4n) is 1.33. The summed E-state index contributed by atoms with van der Waals surface area (Å²) in [5.74, 6) is 0.608. The largest absolute Gasteiger partial charge is 0.207 e. The van der Waals surface area contributed by atoms with Gasteiger partial charge in [-0.25, -0.2) is 4.39 Å². The fourth-order valence-corrected chi connectivity index (χ4v) is 3.17. The van der Waals surface area contributed by atoms with Crippen LogP contribution in [0, 0.1) is 5.82 Å². The molecule has 0 unspecified atom stereocenters. The summed E-state index contributed by atoms with van der Waals surface area (Å²) in [5.41, 5.74) is 1.10. The number of thioether (sulfide) groups is 1. The average molecular weight is 376 g/mol. The minimum atomic E-state index is -0.214. The van der Waals surface area contributed by atoms with Gasteiger partial charge in [-0.3, -0.25) is 0 Å². The molecular weight excluding hydrogens is 367 g/mol. The molecule has 0 amide bonds. The normalized spacial score (nSPS) is 10.5. The van der Waals surface area contributed by atoms with Crippen LogP contribution in [0.4, 0.5) is 4.39 Å². The molecule has 0 bridgehead atoms. The summed E-state index contributed by atoms with van der Waals surface area (Å²) in [7, 11) is 0. The van der Waals surface area contributed by atoms with Crippen molar-refractivity contribution in [2.75, 3.05) is 0 Å². The molecule has 0 aromatic heterocycles. The van der Waals surface area contributed by atoms with E-state index in [0.717, 1.165) is 20.3 Å². The van der Waals surface area contributed by atoms with Crippen molar-refractivity contribution < 1.29 is 4.39 Å². The third kappa shape index (κ3) is 3.83. The molecule has 0 heterocycles. The molecule has 0 aliphatic carbocycles. The molecule has 2 aromatic carbocycles. The third-order valence-electron chi connectivity index (χ3n) is 2.22. The standard InChI is InChI=1S/C13H9Br2FS/c14-10-2-5-12(6-3-10)17-8-9-1-4-11(16)7-13(9)15/h1-7H,8H2. The van der Waals surface area contributed by atoms with E-state index in [1.165, 1.54) is 17.0 Å². The molecule has 0 saturated heterocycles. The molecule has 0 radical (unpaired) electrons. The maximum Gasteiger partial charge on any atom is 0.124 e. The highest BCUT2D eigenvalue weighted by Gasteiger charge is 2.02. The van der Waals surface area contributed by atoms with Gasteiger partial charge in [0.25, 0.3) is 0 Å². The molecular formula is C13H9Br2FS. The maximum absolute atomic E-state index is 12.9. The van der Waals surface area contributed by atoms with Crippen molar-refractivity contribution in [1.29, 1.82) is 0 Å². The SMILES string of the molecule is Fc1ccc(CSc2ccc(Br)cc2)c(Br)c1. The molecule has 0 nitrogen and oxygen atoms in total. The van der Waals surface area contributed by atoms with E-state index >= 15 is 0 Å². The second-order valence-electron chi connectivity index (χ2n) is 3.48. The Morgan fingerprint density at radius 2 is 1.71 bits per heavy atom. The maximum atomic E-state index is 12.9. The lowest BCUT2D eigenvalue weighted by Gasteiger charge is -2.05. The summed E-state index contributed by atoms with van der Waals surface area (Å²) in [5, 5.41) is 0. The van der Waals surface area contributed by atoms with E-state index in [1.807, 2.05) is 18.2 Å². The predicted octanol–water partition coefficient (Wildman–Crippen LogP) is 5.64. The Hall–Kier alpha value is -0.320. The van der Waals surface area contributed by atoms with E-state index in [1.54, 1.807) is 11.8 Å². The minimum absolute atomic E-state index is 0.214. The van der Waals surface area contributed by atoms with Crippen molar-refractivity contribution >= 4 is 43.6 Å². The van der Waals surface area contributed by atoms with E-state index in [4.69, 9.17) is 0 Å². The third-order valence-corrected chi connectivity index (χ3v) is 4.55. The summed E-state index contributed by atoms with van der Waals surface area (Å²) >= 11 is 8.50. The van der Waals surface area contributed by atoms with Crippen LogP contribution in [0.5, 0.6) is 0 Å².